The molecule has 0 radical (unpaired) electrons. The van der Waals surface area contributed by atoms with Crippen LogP contribution in [0.5, 0.6) is 5.75 Å². The zero-order valence-corrected chi connectivity index (χ0v) is 17.4. The molecule has 1 aliphatic rings. The molecule has 30 heavy (non-hydrogen) atoms. The molecular weight excluding hydrogens is 390 g/mol. The number of nitrogens with zero attached hydrogens (tertiary/aromatic N) is 2. The van der Waals surface area contributed by atoms with Gasteiger partial charge in [-0.15, -0.1) is 0 Å². The number of carbonyl (C=O) groups is 2. The molecular formula is C23H26F2N2O3. The number of carbonyl (C=O) groups excluding carboxylic acids is 2. The van der Waals surface area contributed by atoms with Crippen LogP contribution in [-0.4, -0.2) is 43.5 Å². The van der Waals surface area contributed by atoms with Gasteiger partial charge in [0.1, 0.15) is 5.75 Å². The molecule has 0 aromatic heterocycles. The average molecular weight is 416 g/mol. The maximum Gasteiger partial charge on any atom is 0.387 e. The molecule has 2 aromatic rings. The number of likely N-dealkylation sites (tertiary alicyclic amines) is 1. The number of halogens is 2. The summed E-state index contributed by atoms with van der Waals surface area (Å²) in [7, 11) is 1.75. The fourth-order valence-corrected chi connectivity index (χ4v) is 3.85. The number of piperidine rings is 1. The van der Waals surface area contributed by atoms with Gasteiger partial charge in [-0.25, -0.2) is 0 Å². The largest absolute Gasteiger partial charge is 0.434 e. The van der Waals surface area contributed by atoms with Crippen molar-refractivity contribution in [2.24, 2.45) is 5.92 Å². The van der Waals surface area contributed by atoms with Gasteiger partial charge >= 0.3 is 6.61 Å². The number of ether oxygens (including phenoxy) is 1. The van der Waals surface area contributed by atoms with Gasteiger partial charge in [-0.05, 0) is 56.0 Å². The van der Waals surface area contributed by atoms with Crippen LogP contribution in [0.15, 0.2) is 42.5 Å². The van der Waals surface area contributed by atoms with Crippen LogP contribution in [-0.2, 0) is 4.79 Å². The maximum absolute atomic E-state index is 13.1. The first-order chi connectivity index (χ1) is 14.3. The van der Waals surface area contributed by atoms with Crippen molar-refractivity contribution >= 4 is 17.5 Å². The van der Waals surface area contributed by atoms with Crippen LogP contribution in [0.25, 0.3) is 0 Å². The molecule has 7 heteroatoms. The van der Waals surface area contributed by atoms with E-state index in [-0.39, 0.29) is 29.7 Å². The lowest BCUT2D eigenvalue weighted by molar-refractivity contribution is -0.123. The first kappa shape index (κ1) is 21.7. The highest BCUT2D eigenvalue weighted by atomic mass is 19.3. The van der Waals surface area contributed by atoms with Gasteiger partial charge in [-0.2, -0.15) is 8.78 Å². The van der Waals surface area contributed by atoms with E-state index in [0.717, 1.165) is 16.8 Å². The molecule has 160 valence electrons. The minimum absolute atomic E-state index is 0.0571. The van der Waals surface area contributed by atoms with E-state index in [0.29, 0.717) is 19.4 Å². The van der Waals surface area contributed by atoms with Gasteiger partial charge in [-0.1, -0.05) is 24.3 Å². The minimum Gasteiger partial charge on any atom is -0.434 e. The van der Waals surface area contributed by atoms with Crippen LogP contribution in [0.3, 0.4) is 0 Å². The van der Waals surface area contributed by atoms with Crippen LogP contribution >= 0.6 is 0 Å². The number of aryl methyl sites for hydroxylation is 2. The Morgan fingerprint density at radius 2 is 1.90 bits per heavy atom. The number of anilines is 1. The van der Waals surface area contributed by atoms with Gasteiger partial charge in [-0.3, -0.25) is 9.59 Å². The van der Waals surface area contributed by atoms with Gasteiger partial charge in [0.2, 0.25) is 5.91 Å². The van der Waals surface area contributed by atoms with Crippen LogP contribution in [0.1, 0.15) is 34.3 Å². The molecule has 0 N–H and O–H groups in total. The van der Waals surface area contributed by atoms with Crippen molar-refractivity contribution in [3.63, 3.8) is 0 Å². The fourth-order valence-electron chi connectivity index (χ4n) is 3.85. The normalized spacial score (nSPS) is 16.5. The Hall–Kier alpha value is -2.96. The van der Waals surface area contributed by atoms with E-state index >= 15 is 0 Å². The third-order valence-corrected chi connectivity index (χ3v) is 5.45. The number of benzene rings is 2. The molecule has 3 rings (SSSR count). The van der Waals surface area contributed by atoms with Gasteiger partial charge in [0.15, 0.2) is 0 Å². The average Bonchev–Trinajstić information content (AvgIpc) is 2.74. The summed E-state index contributed by atoms with van der Waals surface area (Å²) >= 11 is 0. The summed E-state index contributed by atoms with van der Waals surface area (Å²) in [4.78, 5) is 29.3. The zero-order valence-electron chi connectivity index (χ0n) is 17.4. The molecule has 1 aliphatic heterocycles. The van der Waals surface area contributed by atoms with Crippen molar-refractivity contribution in [2.45, 2.75) is 33.3 Å². The standard InChI is InChI=1S/C23H26F2N2O3/c1-15-10-11-16(2)19(13-15)26(3)21(28)17-7-6-12-27(14-17)22(29)18-8-4-5-9-20(18)30-23(24)25/h4-5,8-11,13,17,23H,6-7,12,14H2,1-3H3. The Morgan fingerprint density at radius 3 is 2.63 bits per heavy atom. The molecule has 1 saturated heterocycles. The van der Waals surface area contributed by atoms with Crippen LogP contribution < -0.4 is 9.64 Å². The summed E-state index contributed by atoms with van der Waals surface area (Å²) in [5.74, 6) is -0.967. The summed E-state index contributed by atoms with van der Waals surface area (Å²) in [5, 5.41) is 0. The number of hydrogen-bond acceptors (Lipinski definition) is 3. The number of hydrogen-bond donors (Lipinski definition) is 0. The first-order valence-electron chi connectivity index (χ1n) is 9.96. The maximum atomic E-state index is 13.1. The molecule has 1 unspecified atom stereocenters. The second-order valence-corrected chi connectivity index (χ2v) is 7.65. The SMILES string of the molecule is Cc1ccc(C)c(N(C)C(=O)C2CCCN(C(=O)c3ccccc3OC(F)F)C2)c1. The Bertz CT molecular complexity index is 932. The van der Waals surface area contributed by atoms with E-state index < -0.39 is 12.5 Å². The van der Waals surface area contributed by atoms with E-state index in [1.165, 1.54) is 18.2 Å². The van der Waals surface area contributed by atoms with Crippen LogP contribution in [0, 0.1) is 19.8 Å². The summed E-state index contributed by atoms with van der Waals surface area (Å²) in [6, 6.07) is 11.9. The van der Waals surface area contributed by atoms with E-state index in [9.17, 15) is 18.4 Å². The molecule has 2 aromatic carbocycles. The van der Waals surface area contributed by atoms with Crippen molar-refractivity contribution < 1.29 is 23.1 Å². The summed E-state index contributed by atoms with van der Waals surface area (Å²) in [5.41, 5.74) is 2.98. The number of amides is 2. The Kier molecular flexibility index (Phi) is 6.70. The molecule has 1 atom stereocenters. The number of rotatable bonds is 5. The third kappa shape index (κ3) is 4.78. The zero-order chi connectivity index (χ0) is 21.8. The predicted octanol–water partition coefficient (Wildman–Crippen LogP) is 4.42. The van der Waals surface area contributed by atoms with Gasteiger partial charge < -0.3 is 14.5 Å². The number of alkyl halides is 2. The third-order valence-electron chi connectivity index (χ3n) is 5.45. The molecule has 2 amide bonds. The minimum atomic E-state index is -3.01. The monoisotopic (exact) mass is 416 g/mol. The molecule has 0 spiro atoms. The van der Waals surface area contributed by atoms with E-state index in [1.807, 2.05) is 32.0 Å². The van der Waals surface area contributed by atoms with Crippen molar-refractivity contribution in [1.29, 1.82) is 0 Å². The lowest BCUT2D eigenvalue weighted by atomic mass is 9.95. The highest BCUT2D eigenvalue weighted by Gasteiger charge is 2.32. The molecule has 0 aliphatic carbocycles. The second kappa shape index (κ2) is 9.24. The van der Waals surface area contributed by atoms with Crippen molar-refractivity contribution in [2.75, 3.05) is 25.0 Å². The summed E-state index contributed by atoms with van der Waals surface area (Å²) in [6.45, 7) is 1.63. The predicted molar refractivity (Wildman–Crippen MR) is 111 cm³/mol. The Balaban J connectivity index is 1.76. The highest BCUT2D eigenvalue weighted by Crippen LogP contribution is 2.28. The molecule has 5 nitrogen and oxygen atoms in total. The molecule has 0 bridgehead atoms. The van der Waals surface area contributed by atoms with Crippen molar-refractivity contribution in [1.82, 2.24) is 4.90 Å². The Labute approximate surface area is 175 Å². The number of para-hydroxylation sites is 1. The first-order valence-corrected chi connectivity index (χ1v) is 9.96. The molecule has 1 heterocycles. The summed E-state index contributed by atoms with van der Waals surface area (Å²) < 4.78 is 29.9. The van der Waals surface area contributed by atoms with Gasteiger partial charge in [0, 0.05) is 25.8 Å². The van der Waals surface area contributed by atoms with Crippen molar-refractivity contribution in [3.8, 4) is 5.75 Å². The van der Waals surface area contributed by atoms with Crippen LogP contribution in [0.4, 0.5) is 14.5 Å². The smallest absolute Gasteiger partial charge is 0.387 e. The van der Waals surface area contributed by atoms with E-state index in [2.05, 4.69) is 4.74 Å². The Morgan fingerprint density at radius 1 is 1.17 bits per heavy atom. The lowest BCUT2D eigenvalue weighted by Crippen LogP contribution is -2.46. The van der Waals surface area contributed by atoms with E-state index in [1.54, 1.807) is 22.9 Å². The van der Waals surface area contributed by atoms with Gasteiger partial charge in [0.05, 0.1) is 11.5 Å². The van der Waals surface area contributed by atoms with Gasteiger partial charge in [0.25, 0.3) is 5.91 Å². The second-order valence-electron chi connectivity index (χ2n) is 7.65. The van der Waals surface area contributed by atoms with Crippen molar-refractivity contribution in [3.05, 3.63) is 59.2 Å². The molecule has 1 fully saturated rings. The quantitative estimate of drug-likeness (QED) is 0.725. The molecule has 0 saturated carbocycles. The topological polar surface area (TPSA) is 49.9 Å². The van der Waals surface area contributed by atoms with E-state index in [4.69, 9.17) is 0 Å². The highest BCUT2D eigenvalue weighted by molar-refractivity contribution is 5.99. The van der Waals surface area contributed by atoms with Crippen LogP contribution in [0.2, 0.25) is 0 Å². The fraction of sp³-hybridized carbons (Fsp3) is 0.391. The lowest BCUT2D eigenvalue weighted by Gasteiger charge is -2.34. The summed E-state index contributed by atoms with van der Waals surface area (Å²) in [6.07, 6.45) is 1.34.